The number of aliphatic imine (C=N–C) groups is 1. The van der Waals surface area contributed by atoms with Gasteiger partial charge in [-0.2, -0.15) is 0 Å². The van der Waals surface area contributed by atoms with Crippen LogP contribution in [0.25, 0.3) is 0 Å². The topological polar surface area (TPSA) is 50.4 Å². The standard InChI is InChI=1S/C13H13N3.2C2H6/c14-13(15-11-7-3-1-4-8-11)16-12-9-5-2-6-10-12;2*1-2/h1-10H,(H3,14,15,16);2*1-2H3. The maximum Gasteiger partial charge on any atom is 0.198 e. The zero-order chi connectivity index (χ0) is 15.2. The highest BCUT2D eigenvalue weighted by atomic mass is 15.1. The Bertz CT molecular complexity index is 464. The SMILES string of the molecule is CC.CC.NC(=Nc1ccccc1)Nc1ccccc1. The summed E-state index contributed by atoms with van der Waals surface area (Å²) in [6.45, 7) is 8.00. The first kappa shape index (κ1) is 17.7. The highest BCUT2D eigenvalue weighted by molar-refractivity contribution is 5.93. The number of nitrogens with two attached hydrogens (primary N) is 1. The largest absolute Gasteiger partial charge is 0.369 e. The molecule has 0 aliphatic heterocycles. The summed E-state index contributed by atoms with van der Waals surface area (Å²) in [6, 6.07) is 19.3. The summed E-state index contributed by atoms with van der Waals surface area (Å²) < 4.78 is 0. The molecule has 0 radical (unpaired) electrons. The summed E-state index contributed by atoms with van der Waals surface area (Å²) in [7, 11) is 0. The molecule has 0 amide bonds. The molecule has 2 aromatic rings. The quantitative estimate of drug-likeness (QED) is 0.609. The van der Waals surface area contributed by atoms with Crippen molar-refractivity contribution in [2.75, 3.05) is 5.32 Å². The first-order valence-electron chi connectivity index (χ1n) is 7.06. The molecule has 20 heavy (non-hydrogen) atoms. The summed E-state index contributed by atoms with van der Waals surface area (Å²) in [5, 5.41) is 3.02. The van der Waals surface area contributed by atoms with E-state index in [1.165, 1.54) is 0 Å². The molecule has 3 heteroatoms. The second-order valence-electron chi connectivity index (χ2n) is 3.32. The third kappa shape index (κ3) is 7.21. The minimum absolute atomic E-state index is 0.386. The number of rotatable bonds is 2. The number of nitrogens with one attached hydrogen (secondary N) is 1. The Morgan fingerprint density at radius 2 is 1.25 bits per heavy atom. The second kappa shape index (κ2) is 11.8. The molecular formula is C17H25N3. The van der Waals surface area contributed by atoms with Crippen LogP contribution in [0.1, 0.15) is 27.7 Å². The fourth-order valence-corrected chi connectivity index (χ4v) is 1.34. The lowest BCUT2D eigenvalue weighted by Gasteiger charge is -2.04. The van der Waals surface area contributed by atoms with Gasteiger partial charge in [-0.05, 0) is 24.3 Å². The van der Waals surface area contributed by atoms with Crippen molar-refractivity contribution in [3.05, 3.63) is 60.7 Å². The molecule has 2 aromatic carbocycles. The fraction of sp³-hybridized carbons (Fsp3) is 0.235. The van der Waals surface area contributed by atoms with Crippen molar-refractivity contribution in [3.63, 3.8) is 0 Å². The molecule has 3 N–H and O–H groups in total. The molecule has 0 bridgehead atoms. The van der Waals surface area contributed by atoms with Crippen molar-refractivity contribution in [1.29, 1.82) is 0 Å². The summed E-state index contributed by atoms with van der Waals surface area (Å²) in [5.41, 5.74) is 7.54. The second-order valence-corrected chi connectivity index (χ2v) is 3.32. The van der Waals surface area contributed by atoms with Crippen LogP contribution < -0.4 is 11.1 Å². The zero-order valence-electron chi connectivity index (χ0n) is 12.8. The van der Waals surface area contributed by atoms with E-state index in [0.717, 1.165) is 11.4 Å². The number of hydrogen-bond acceptors (Lipinski definition) is 1. The highest BCUT2D eigenvalue weighted by Crippen LogP contribution is 2.10. The lowest BCUT2D eigenvalue weighted by molar-refractivity contribution is 1.44. The number of anilines is 1. The third-order valence-electron chi connectivity index (χ3n) is 2.05. The smallest absolute Gasteiger partial charge is 0.198 e. The summed E-state index contributed by atoms with van der Waals surface area (Å²) in [4.78, 5) is 4.24. The van der Waals surface area contributed by atoms with Crippen molar-refractivity contribution in [2.24, 2.45) is 10.7 Å². The molecule has 0 aliphatic rings. The van der Waals surface area contributed by atoms with Gasteiger partial charge in [-0.25, -0.2) is 4.99 Å². The maximum atomic E-state index is 5.78. The van der Waals surface area contributed by atoms with E-state index in [4.69, 9.17) is 5.73 Å². The van der Waals surface area contributed by atoms with Gasteiger partial charge in [0, 0.05) is 5.69 Å². The lowest BCUT2D eigenvalue weighted by Crippen LogP contribution is -2.21. The molecule has 0 unspecified atom stereocenters. The van der Waals surface area contributed by atoms with Crippen molar-refractivity contribution in [3.8, 4) is 0 Å². The normalized spacial score (nSPS) is 9.50. The van der Waals surface area contributed by atoms with Gasteiger partial charge in [-0.1, -0.05) is 64.1 Å². The van der Waals surface area contributed by atoms with Crippen molar-refractivity contribution < 1.29 is 0 Å². The molecule has 3 nitrogen and oxygen atoms in total. The van der Waals surface area contributed by atoms with Crippen LogP contribution in [0.5, 0.6) is 0 Å². The van der Waals surface area contributed by atoms with Gasteiger partial charge in [0.25, 0.3) is 0 Å². The minimum Gasteiger partial charge on any atom is -0.369 e. The van der Waals surface area contributed by atoms with Gasteiger partial charge in [-0.15, -0.1) is 0 Å². The third-order valence-corrected chi connectivity index (χ3v) is 2.05. The van der Waals surface area contributed by atoms with Crippen LogP contribution in [0, 0.1) is 0 Å². The van der Waals surface area contributed by atoms with E-state index in [2.05, 4.69) is 10.3 Å². The molecule has 0 fully saturated rings. The van der Waals surface area contributed by atoms with Crippen LogP contribution in [0.4, 0.5) is 11.4 Å². The van der Waals surface area contributed by atoms with E-state index in [0.29, 0.717) is 5.96 Å². The van der Waals surface area contributed by atoms with E-state index in [1.54, 1.807) is 0 Å². The average molecular weight is 271 g/mol. The molecule has 108 valence electrons. The number of hydrogen-bond donors (Lipinski definition) is 2. The van der Waals surface area contributed by atoms with Crippen LogP contribution >= 0.6 is 0 Å². The Morgan fingerprint density at radius 3 is 1.75 bits per heavy atom. The van der Waals surface area contributed by atoms with Gasteiger partial charge < -0.3 is 11.1 Å². The first-order chi connectivity index (χ1) is 9.84. The molecule has 0 heterocycles. The first-order valence-corrected chi connectivity index (χ1v) is 7.06. The Balaban J connectivity index is 0.000000829. The van der Waals surface area contributed by atoms with Crippen LogP contribution in [0.2, 0.25) is 0 Å². The van der Waals surface area contributed by atoms with Crippen molar-refractivity contribution in [1.82, 2.24) is 0 Å². The molecule has 0 saturated heterocycles. The van der Waals surface area contributed by atoms with Crippen LogP contribution in [-0.4, -0.2) is 5.96 Å². The number of para-hydroxylation sites is 2. The zero-order valence-corrected chi connectivity index (χ0v) is 12.8. The van der Waals surface area contributed by atoms with E-state index < -0.39 is 0 Å². The van der Waals surface area contributed by atoms with Gasteiger partial charge in [0.1, 0.15) is 0 Å². The Hall–Kier alpha value is -2.29. The molecule has 0 aromatic heterocycles. The Morgan fingerprint density at radius 1 is 0.800 bits per heavy atom. The number of benzene rings is 2. The minimum atomic E-state index is 0.386. The van der Waals surface area contributed by atoms with Gasteiger partial charge in [0.2, 0.25) is 0 Å². The summed E-state index contributed by atoms with van der Waals surface area (Å²) >= 11 is 0. The van der Waals surface area contributed by atoms with Crippen LogP contribution in [0.15, 0.2) is 65.7 Å². The van der Waals surface area contributed by atoms with Crippen molar-refractivity contribution >= 4 is 17.3 Å². The van der Waals surface area contributed by atoms with Crippen molar-refractivity contribution in [2.45, 2.75) is 27.7 Å². The molecule has 0 aliphatic carbocycles. The van der Waals surface area contributed by atoms with Gasteiger partial charge in [-0.3, -0.25) is 0 Å². The monoisotopic (exact) mass is 271 g/mol. The molecular weight excluding hydrogens is 246 g/mol. The van der Waals surface area contributed by atoms with E-state index >= 15 is 0 Å². The highest BCUT2D eigenvalue weighted by Gasteiger charge is 1.93. The fourth-order valence-electron chi connectivity index (χ4n) is 1.34. The summed E-state index contributed by atoms with van der Waals surface area (Å²) in [6.07, 6.45) is 0. The molecule has 0 saturated carbocycles. The van der Waals surface area contributed by atoms with E-state index in [9.17, 15) is 0 Å². The van der Waals surface area contributed by atoms with E-state index in [-0.39, 0.29) is 0 Å². The Labute approximate surface area is 122 Å². The van der Waals surface area contributed by atoms with Gasteiger partial charge in [0.05, 0.1) is 5.69 Å². The lowest BCUT2D eigenvalue weighted by atomic mass is 10.3. The average Bonchev–Trinajstić information content (AvgIpc) is 2.53. The van der Waals surface area contributed by atoms with Gasteiger partial charge in [0.15, 0.2) is 5.96 Å². The van der Waals surface area contributed by atoms with Crippen LogP contribution in [0.3, 0.4) is 0 Å². The predicted octanol–water partition coefficient (Wildman–Crippen LogP) is 4.80. The predicted molar refractivity (Wildman–Crippen MR) is 90.5 cm³/mol. The molecule has 2 rings (SSSR count). The number of guanidine groups is 1. The maximum absolute atomic E-state index is 5.78. The Kier molecular flexibility index (Phi) is 10.4. The van der Waals surface area contributed by atoms with E-state index in [1.807, 2.05) is 88.4 Å². The molecule has 0 spiro atoms. The van der Waals surface area contributed by atoms with Crippen LogP contribution in [-0.2, 0) is 0 Å². The summed E-state index contributed by atoms with van der Waals surface area (Å²) in [5.74, 6) is 0.386. The molecule has 0 atom stereocenters. The van der Waals surface area contributed by atoms with Gasteiger partial charge >= 0.3 is 0 Å². The number of nitrogens with zero attached hydrogens (tertiary/aromatic N) is 1.